The monoisotopic (exact) mass is 329 g/mol. The predicted molar refractivity (Wildman–Crippen MR) is 98.5 cm³/mol. The van der Waals surface area contributed by atoms with E-state index in [2.05, 4.69) is 16.9 Å². The van der Waals surface area contributed by atoms with Crippen LogP contribution in [0.1, 0.15) is 32.3 Å². The van der Waals surface area contributed by atoms with E-state index in [0.29, 0.717) is 12.2 Å². The summed E-state index contributed by atoms with van der Waals surface area (Å²) in [5, 5.41) is 3.15. The predicted octanol–water partition coefficient (Wildman–Crippen LogP) is 2.94. The minimum atomic E-state index is -0.466. The third-order valence-electron chi connectivity index (χ3n) is 3.39. The first-order valence-electron chi connectivity index (χ1n) is 8.04. The van der Waals surface area contributed by atoms with Crippen molar-refractivity contribution in [3.05, 3.63) is 59.9 Å². The van der Waals surface area contributed by atoms with E-state index in [4.69, 9.17) is 10.5 Å². The van der Waals surface area contributed by atoms with Gasteiger partial charge in [-0.3, -0.25) is 9.79 Å². The number of benzene rings is 1. The Bertz CT molecular complexity index is 580. The molecule has 0 aliphatic rings. The van der Waals surface area contributed by atoms with Crippen molar-refractivity contribution in [2.75, 3.05) is 6.54 Å². The van der Waals surface area contributed by atoms with Gasteiger partial charge in [-0.1, -0.05) is 42.5 Å². The molecule has 0 amide bonds. The van der Waals surface area contributed by atoms with Crippen LogP contribution in [0.25, 0.3) is 0 Å². The van der Waals surface area contributed by atoms with Crippen LogP contribution in [-0.4, -0.2) is 24.8 Å². The molecular formula is C19H27N3O2. The van der Waals surface area contributed by atoms with Gasteiger partial charge in [-0.25, -0.2) is 0 Å². The van der Waals surface area contributed by atoms with Gasteiger partial charge in [0.15, 0.2) is 0 Å². The average molecular weight is 329 g/mol. The molecule has 1 aromatic carbocycles. The molecule has 5 nitrogen and oxygen atoms in total. The van der Waals surface area contributed by atoms with Crippen LogP contribution in [0.4, 0.5) is 0 Å². The zero-order valence-electron chi connectivity index (χ0n) is 14.5. The number of nitrogens with two attached hydrogens (primary N) is 1. The van der Waals surface area contributed by atoms with Gasteiger partial charge in [-0.15, -0.1) is 0 Å². The van der Waals surface area contributed by atoms with Crippen molar-refractivity contribution in [2.45, 2.75) is 39.3 Å². The SMILES string of the molecule is C=C(NCC/C(C)=C/N=CC)C(N)CC(=O)OCc1ccccc1. The van der Waals surface area contributed by atoms with Crippen molar-refractivity contribution in [1.82, 2.24) is 5.32 Å². The molecular weight excluding hydrogens is 302 g/mol. The normalized spacial score (nSPS) is 12.9. The zero-order chi connectivity index (χ0) is 17.8. The van der Waals surface area contributed by atoms with Crippen LogP contribution in [-0.2, 0) is 16.1 Å². The second-order valence-electron chi connectivity index (χ2n) is 5.54. The molecule has 0 fully saturated rings. The van der Waals surface area contributed by atoms with Crippen LogP contribution in [0.5, 0.6) is 0 Å². The Balaban J connectivity index is 2.26. The Morgan fingerprint density at radius 2 is 2.12 bits per heavy atom. The second-order valence-corrected chi connectivity index (χ2v) is 5.54. The standard InChI is InChI=1S/C19H27N3O2/c1-4-21-13-15(2)10-11-22-16(3)18(20)12-19(23)24-14-17-8-6-5-7-9-17/h4-9,13,18,22H,3,10-12,14,20H2,1-2H3/b15-13+,21-4?. The molecule has 0 aromatic heterocycles. The fourth-order valence-corrected chi connectivity index (χ4v) is 1.92. The van der Waals surface area contributed by atoms with Crippen LogP contribution in [0, 0.1) is 0 Å². The van der Waals surface area contributed by atoms with Crippen LogP contribution < -0.4 is 11.1 Å². The molecule has 0 aliphatic carbocycles. The number of rotatable bonds is 10. The van der Waals surface area contributed by atoms with Crippen LogP contribution in [0.3, 0.4) is 0 Å². The summed E-state index contributed by atoms with van der Waals surface area (Å²) >= 11 is 0. The Morgan fingerprint density at radius 3 is 2.79 bits per heavy atom. The first-order valence-corrected chi connectivity index (χ1v) is 8.04. The summed E-state index contributed by atoms with van der Waals surface area (Å²) in [7, 11) is 0. The number of carbonyl (C=O) groups is 1. The van der Waals surface area contributed by atoms with Gasteiger partial charge in [0.1, 0.15) is 6.61 Å². The third-order valence-corrected chi connectivity index (χ3v) is 3.39. The number of hydrogen-bond donors (Lipinski definition) is 2. The average Bonchev–Trinajstić information content (AvgIpc) is 2.58. The molecule has 3 N–H and O–H groups in total. The second kappa shape index (κ2) is 11.2. The molecule has 0 bridgehead atoms. The lowest BCUT2D eigenvalue weighted by Gasteiger charge is -2.16. The molecule has 130 valence electrons. The van der Waals surface area contributed by atoms with Gasteiger partial charge in [0.2, 0.25) is 0 Å². The maximum atomic E-state index is 11.8. The highest BCUT2D eigenvalue weighted by atomic mass is 16.5. The molecule has 24 heavy (non-hydrogen) atoms. The molecule has 0 spiro atoms. The van der Waals surface area contributed by atoms with E-state index in [9.17, 15) is 4.79 Å². The van der Waals surface area contributed by atoms with Crippen molar-refractivity contribution in [3.8, 4) is 0 Å². The van der Waals surface area contributed by atoms with Gasteiger partial charge < -0.3 is 15.8 Å². The molecule has 0 heterocycles. The number of hydrogen-bond acceptors (Lipinski definition) is 5. The quantitative estimate of drug-likeness (QED) is 0.511. The Hall–Kier alpha value is -2.40. The maximum absolute atomic E-state index is 11.8. The van der Waals surface area contributed by atoms with Crippen molar-refractivity contribution in [2.24, 2.45) is 10.7 Å². The highest BCUT2D eigenvalue weighted by Gasteiger charge is 2.13. The van der Waals surface area contributed by atoms with Crippen molar-refractivity contribution in [1.29, 1.82) is 0 Å². The fraction of sp³-hybridized carbons (Fsp3) is 0.368. The van der Waals surface area contributed by atoms with E-state index in [0.717, 1.165) is 17.6 Å². The number of nitrogens with zero attached hydrogens (tertiary/aromatic N) is 1. The maximum Gasteiger partial charge on any atom is 0.308 e. The van der Waals surface area contributed by atoms with Gasteiger partial charge >= 0.3 is 5.97 Å². The highest BCUT2D eigenvalue weighted by molar-refractivity contribution is 5.70. The molecule has 0 radical (unpaired) electrons. The summed E-state index contributed by atoms with van der Waals surface area (Å²) < 4.78 is 5.22. The van der Waals surface area contributed by atoms with Gasteiger partial charge in [0, 0.05) is 24.7 Å². The van der Waals surface area contributed by atoms with E-state index in [1.807, 2.05) is 50.4 Å². The number of aliphatic imine (C=N–C) groups is 1. The number of ether oxygens (including phenoxy) is 1. The first-order chi connectivity index (χ1) is 11.5. The highest BCUT2D eigenvalue weighted by Crippen LogP contribution is 2.05. The Labute approximate surface area is 144 Å². The molecule has 1 rings (SSSR count). The van der Waals surface area contributed by atoms with Crippen molar-refractivity contribution < 1.29 is 9.53 Å². The van der Waals surface area contributed by atoms with Gasteiger partial charge in [-0.05, 0) is 25.8 Å². The van der Waals surface area contributed by atoms with Gasteiger partial charge in [-0.2, -0.15) is 0 Å². The van der Waals surface area contributed by atoms with E-state index in [1.165, 1.54) is 0 Å². The van der Waals surface area contributed by atoms with Crippen LogP contribution in [0.2, 0.25) is 0 Å². The van der Waals surface area contributed by atoms with Crippen molar-refractivity contribution >= 4 is 12.2 Å². The summed E-state index contributed by atoms with van der Waals surface area (Å²) in [6, 6.07) is 9.08. The summed E-state index contributed by atoms with van der Waals surface area (Å²) in [4.78, 5) is 15.9. The van der Waals surface area contributed by atoms with Crippen molar-refractivity contribution in [3.63, 3.8) is 0 Å². The number of nitrogens with one attached hydrogen (secondary N) is 1. The minimum Gasteiger partial charge on any atom is -0.461 e. The molecule has 0 saturated carbocycles. The van der Waals surface area contributed by atoms with Gasteiger partial charge in [0.25, 0.3) is 0 Å². The largest absolute Gasteiger partial charge is 0.461 e. The minimum absolute atomic E-state index is 0.105. The lowest BCUT2D eigenvalue weighted by atomic mass is 10.1. The number of esters is 1. The third kappa shape index (κ3) is 8.29. The number of carbonyl (C=O) groups excluding carboxylic acids is 1. The summed E-state index contributed by atoms with van der Waals surface area (Å²) in [6.07, 6.45) is 4.51. The Morgan fingerprint density at radius 1 is 1.42 bits per heavy atom. The summed E-state index contributed by atoms with van der Waals surface area (Å²) in [5.74, 6) is -0.331. The zero-order valence-corrected chi connectivity index (χ0v) is 14.5. The lowest BCUT2D eigenvalue weighted by molar-refractivity contribution is -0.145. The molecule has 0 saturated heterocycles. The molecule has 1 aromatic rings. The van der Waals surface area contributed by atoms with E-state index in [-0.39, 0.29) is 19.0 Å². The van der Waals surface area contributed by atoms with Crippen LogP contribution >= 0.6 is 0 Å². The van der Waals surface area contributed by atoms with Crippen LogP contribution in [0.15, 0.2) is 59.4 Å². The van der Waals surface area contributed by atoms with Gasteiger partial charge in [0.05, 0.1) is 12.5 Å². The molecule has 5 heteroatoms. The topological polar surface area (TPSA) is 76.7 Å². The van der Waals surface area contributed by atoms with E-state index in [1.54, 1.807) is 6.21 Å². The molecule has 0 aliphatic heterocycles. The van der Waals surface area contributed by atoms with E-state index < -0.39 is 6.04 Å². The smallest absolute Gasteiger partial charge is 0.308 e. The van der Waals surface area contributed by atoms with E-state index >= 15 is 0 Å². The lowest BCUT2D eigenvalue weighted by Crippen LogP contribution is -2.33. The molecule has 1 atom stereocenters. The summed E-state index contributed by atoms with van der Waals surface area (Å²) in [6.45, 7) is 8.74. The Kier molecular flexibility index (Phi) is 9.16. The first kappa shape index (κ1) is 19.6. The fourth-order valence-electron chi connectivity index (χ4n) is 1.92. The molecule has 1 unspecified atom stereocenters. The summed E-state index contributed by atoms with van der Waals surface area (Å²) in [5.41, 5.74) is 8.73.